The van der Waals surface area contributed by atoms with Crippen molar-refractivity contribution in [2.45, 2.75) is 57.6 Å². The Kier molecular flexibility index (Phi) is 11.4. The third-order valence-corrected chi connectivity index (χ3v) is 9.52. The minimum Gasteiger partial charge on any atom is -0.352 e. The van der Waals surface area contributed by atoms with Crippen LogP contribution in [0.1, 0.15) is 38.3 Å². The molecule has 0 radical (unpaired) electrons. The molecule has 0 fully saturated rings. The van der Waals surface area contributed by atoms with Gasteiger partial charge in [0.2, 0.25) is 11.8 Å². The van der Waals surface area contributed by atoms with Crippen LogP contribution >= 0.6 is 46.4 Å². The number of hydrogen-bond donors (Lipinski definition) is 1. The first-order valence-corrected chi connectivity index (χ1v) is 15.8. The van der Waals surface area contributed by atoms with Crippen LogP contribution in [-0.2, 0) is 26.2 Å². The van der Waals surface area contributed by atoms with Crippen molar-refractivity contribution in [3.8, 4) is 0 Å². The standard InChI is InChI=1S/C29H31Cl4N3O4S/c1-5-27(29(38)34-18(2)3)35(16-22-23(30)7-6-8-24(22)31)28(37)17-36(20-11-14-25(32)26(33)15-20)41(39,40)21-12-9-19(4)10-13-21/h6-15,18,27H,5,16-17H2,1-4H3,(H,34,38)/t27-/m1/s1. The fourth-order valence-electron chi connectivity index (χ4n) is 4.16. The smallest absolute Gasteiger partial charge is 0.264 e. The van der Waals surface area contributed by atoms with Crippen molar-refractivity contribution >= 4 is 73.9 Å². The summed E-state index contributed by atoms with van der Waals surface area (Å²) in [6.45, 7) is 6.45. The lowest BCUT2D eigenvalue weighted by molar-refractivity contribution is -0.140. The van der Waals surface area contributed by atoms with Crippen LogP contribution < -0.4 is 9.62 Å². The maximum atomic E-state index is 14.1. The Morgan fingerprint density at radius 3 is 2.02 bits per heavy atom. The van der Waals surface area contributed by atoms with Crippen molar-refractivity contribution in [3.05, 3.63) is 91.9 Å². The third-order valence-electron chi connectivity index (χ3n) is 6.29. The molecule has 0 heterocycles. The summed E-state index contributed by atoms with van der Waals surface area (Å²) in [5.74, 6) is -1.03. The fraction of sp³-hybridized carbons (Fsp3) is 0.310. The Hall–Kier alpha value is -2.49. The van der Waals surface area contributed by atoms with Crippen LogP contribution in [0.15, 0.2) is 65.6 Å². The molecule has 0 aliphatic carbocycles. The van der Waals surface area contributed by atoms with Crippen molar-refractivity contribution < 1.29 is 18.0 Å². The van der Waals surface area contributed by atoms with E-state index in [0.717, 1.165) is 9.87 Å². The van der Waals surface area contributed by atoms with E-state index >= 15 is 0 Å². The predicted molar refractivity (Wildman–Crippen MR) is 167 cm³/mol. The van der Waals surface area contributed by atoms with Crippen molar-refractivity contribution in [1.29, 1.82) is 0 Å². The maximum absolute atomic E-state index is 14.1. The molecule has 0 saturated carbocycles. The van der Waals surface area contributed by atoms with Crippen LogP contribution in [0.25, 0.3) is 0 Å². The molecule has 0 saturated heterocycles. The van der Waals surface area contributed by atoms with E-state index in [0.29, 0.717) is 15.6 Å². The summed E-state index contributed by atoms with van der Waals surface area (Å²) >= 11 is 25.2. The highest BCUT2D eigenvalue weighted by molar-refractivity contribution is 7.92. The van der Waals surface area contributed by atoms with Gasteiger partial charge in [-0.05, 0) is 69.7 Å². The molecule has 1 atom stereocenters. The summed E-state index contributed by atoms with van der Waals surface area (Å²) in [5.41, 5.74) is 1.43. The summed E-state index contributed by atoms with van der Waals surface area (Å²) in [6.07, 6.45) is 0.254. The molecule has 3 aromatic rings. The van der Waals surface area contributed by atoms with Gasteiger partial charge >= 0.3 is 0 Å². The van der Waals surface area contributed by atoms with Gasteiger partial charge in [-0.3, -0.25) is 13.9 Å². The Balaban J connectivity index is 2.13. The van der Waals surface area contributed by atoms with Gasteiger partial charge in [0.1, 0.15) is 12.6 Å². The van der Waals surface area contributed by atoms with E-state index in [9.17, 15) is 18.0 Å². The Morgan fingerprint density at radius 1 is 0.878 bits per heavy atom. The molecular formula is C29H31Cl4N3O4S. The largest absolute Gasteiger partial charge is 0.352 e. The van der Waals surface area contributed by atoms with Crippen LogP contribution in [0.5, 0.6) is 0 Å². The number of aryl methyl sites for hydroxylation is 1. The lowest BCUT2D eigenvalue weighted by atomic mass is 10.1. The molecule has 41 heavy (non-hydrogen) atoms. The lowest BCUT2D eigenvalue weighted by Gasteiger charge is -2.34. The van der Waals surface area contributed by atoms with Gasteiger partial charge in [-0.15, -0.1) is 0 Å². The fourth-order valence-corrected chi connectivity index (χ4v) is 6.38. The van der Waals surface area contributed by atoms with E-state index in [4.69, 9.17) is 46.4 Å². The Bertz CT molecular complexity index is 1490. The summed E-state index contributed by atoms with van der Waals surface area (Å²) < 4.78 is 28.8. The highest BCUT2D eigenvalue weighted by atomic mass is 35.5. The summed E-state index contributed by atoms with van der Waals surface area (Å²) in [7, 11) is -4.26. The molecule has 7 nitrogen and oxygen atoms in total. The van der Waals surface area contributed by atoms with Crippen LogP contribution in [0, 0.1) is 6.92 Å². The van der Waals surface area contributed by atoms with E-state index < -0.39 is 28.5 Å². The monoisotopic (exact) mass is 657 g/mol. The molecule has 220 valence electrons. The molecule has 1 N–H and O–H groups in total. The molecule has 0 unspecified atom stereocenters. The molecule has 12 heteroatoms. The van der Waals surface area contributed by atoms with E-state index in [1.54, 1.807) is 37.3 Å². The highest BCUT2D eigenvalue weighted by Gasteiger charge is 2.34. The molecule has 3 rings (SSSR count). The molecule has 0 aliphatic rings. The second-order valence-electron chi connectivity index (χ2n) is 9.73. The van der Waals surface area contributed by atoms with E-state index in [1.165, 1.54) is 35.2 Å². The van der Waals surface area contributed by atoms with Gasteiger partial charge in [0.05, 0.1) is 20.6 Å². The zero-order valence-electron chi connectivity index (χ0n) is 23.0. The number of halogens is 4. The number of rotatable bonds is 11. The van der Waals surface area contributed by atoms with E-state index in [-0.39, 0.29) is 45.5 Å². The molecule has 0 aliphatic heterocycles. The number of nitrogens with one attached hydrogen (secondary N) is 1. The molecule has 0 spiro atoms. The first-order valence-electron chi connectivity index (χ1n) is 12.8. The molecular weight excluding hydrogens is 628 g/mol. The maximum Gasteiger partial charge on any atom is 0.264 e. The molecule has 0 bridgehead atoms. The van der Waals surface area contributed by atoms with Crippen LogP contribution in [0.3, 0.4) is 0 Å². The van der Waals surface area contributed by atoms with Gasteiger partial charge in [-0.1, -0.05) is 77.1 Å². The number of carbonyl (C=O) groups is 2. The number of hydrogen-bond acceptors (Lipinski definition) is 4. The van der Waals surface area contributed by atoms with Crippen molar-refractivity contribution in [2.24, 2.45) is 0 Å². The number of carbonyl (C=O) groups excluding carboxylic acids is 2. The van der Waals surface area contributed by atoms with Gasteiger partial charge in [0.25, 0.3) is 10.0 Å². The zero-order valence-corrected chi connectivity index (χ0v) is 26.8. The average Bonchev–Trinajstić information content (AvgIpc) is 2.90. The van der Waals surface area contributed by atoms with Gasteiger partial charge in [-0.2, -0.15) is 0 Å². The SMILES string of the molecule is CC[C@H](C(=O)NC(C)C)N(Cc1c(Cl)cccc1Cl)C(=O)CN(c1ccc(Cl)c(Cl)c1)S(=O)(=O)c1ccc(C)cc1. The van der Waals surface area contributed by atoms with E-state index in [1.807, 2.05) is 20.8 Å². The van der Waals surface area contributed by atoms with Crippen LogP contribution in [-0.4, -0.2) is 43.8 Å². The molecule has 0 aromatic heterocycles. The average molecular weight is 659 g/mol. The predicted octanol–water partition coefficient (Wildman–Crippen LogP) is 7.14. The van der Waals surface area contributed by atoms with Gasteiger partial charge in [-0.25, -0.2) is 8.42 Å². The van der Waals surface area contributed by atoms with Gasteiger partial charge < -0.3 is 10.2 Å². The highest BCUT2D eigenvalue weighted by Crippen LogP contribution is 2.32. The first kappa shape index (κ1) is 33.0. The summed E-state index contributed by atoms with van der Waals surface area (Å²) in [6, 6.07) is 14.4. The summed E-state index contributed by atoms with van der Waals surface area (Å²) in [5, 5.41) is 3.80. The number of nitrogens with zero attached hydrogens (tertiary/aromatic N) is 2. The number of anilines is 1. The minimum atomic E-state index is -4.26. The zero-order chi connectivity index (χ0) is 30.5. The van der Waals surface area contributed by atoms with Gasteiger partial charge in [0.15, 0.2) is 0 Å². The minimum absolute atomic E-state index is 0.0211. The van der Waals surface area contributed by atoms with Crippen molar-refractivity contribution in [3.63, 3.8) is 0 Å². The third kappa shape index (κ3) is 8.08. The second-order valence-corrected chi connectivity index (χ2v) is 13.2. The van der Waals surface area contributed by atoms with Gasteiger partial charge in [0, 0.05) is 28.2 Å². The number of benzene rings is 3. The number of sulfonamides is 1. The number of amides is 2. The second kappa shape index (κ2) is 14.1. The Morgan fingerprint density at radius 2 is 1.49 bits per heavy atom. The topological polar surface area (TPSA) is 86.8 Å². The normalized spacial score (nSPS) is 12.2. The van der Waals surface area contributed by atoms with Crippen molar-refractivity contribution in [2.75, 3.05) is 10.8 Å². The first-order chi connectivity index (χ1) is 19.3. The van der Waals surface area contributed by atoms with Crippen LogP contribution in [0.4, 0.5) is 5.69 Å². The quantitative estimate of drug-likeness (QED) is 0.237. The molecule has 3 aromatic carbocycles. The van der Waals surface area contributed by atoms with Crippen LogP contribution in [0.2, 0.25) is 20.1 Å². The lowest BCUT2D eigenvalue weighted by Crippen LogP contribution is -2.53. The molecule has 2 amide bonds. The van der Waals surface area contributed by atoms with E-state index in [2.05, 4.69) is 5.32 Å². The summed E-state index contributed by atoms with van der Waals surface area (Å²) in [4.78, 5) is 28.7. The van der Waals surface area contributed by atoms with Crippen molar-refractivity contribution in [1.82, 2.24) is 10.2 Å². The Labute approximate surface area is 261 Å².